The standard InChI is InChI=1S/C20H24N2O2/c1-11(2)21-15-9-10-16(22-12(3)4)18-17(15)19(23)13-7-5-6-8-14(13)20(18)24/h5-14,21-22H,1-4H3. The summed E-state index contributed by atoms with van der Waals surface area (Å²) >= 11 is 0. The first kappa shape index (κ1) is 16.5. The highest BCUT2D eigenvalue weighted by Gasteiger charge is 2.42. The van der Waals surface area contributed by atoms with E-state index in [0.717, 1.165) is 11.4 Å². The SMILES string of the molecule is CC(C)Nc1ccc(NC(C)C)c2c1C(=O)C1C=CC=CC1C2=O. The number of rotatable bonds is 4. The Morgan fingerprint density at radius 2 is 1.12 bits per heavy atom. The molecule has 0 fully saturated rings. The van der Waals surface area contributed by atoms with Crippen molar-refractivity contribution in [3.05, 3.63) is 47.6 Å². The molecule has 0 bridgehead atoms. The van der Waals surface area contributed by atoms with Crippen molar-refractivity contribution in [2.24, 2.45) is 11.8 Å². The average Bonchev–Trinajstić information content (AvgIpc) is 2.53. The lowest BCUT2D eigenvalue weighted by Crippen LogP contribution is -2.37. The molecule has 4 heteroatoms. The fourth-order valence-electron chi connectivity index (χ4n) is 3.42. The summed E-state index contributed by atoms with van der Waals surface area (Å²) in [4.78, 5) is 26.3. The second kappa shape index (κ2) is 6.27. The van der Waals surface area contributed by atoms with Crippen molar-refractivity contribution in [2.45, 2.75) is 39.8 Å². The van der Waals surface area contributed by atoms with Crippen LogP contribution >= 0.6 is 0 Å². The number of Topliss-reactive ketones (excluding diaryl/α,β-unsaturated/α-hetero) is 2. The Kier molecular flexibility index (Phi) is 4.31. The van der Waals surface area contributed by atoms with E-state index in [-0.39, 0.29) is 23.7 Å². The monoisotopic (exact) mass is 324 g/mol. The van der Waals surface area contributed by atoms with E-state index >= 15 is 0 Å². The molecule has 0 aliphatic heterocycles. The number of hydrogen-bond donors (Lipinski definition) is 2. The minimum absolute atomic E-state index is 0.0192. The lowest BCUT2D eigenvalue weighted by atomic mass is 9.71. The van der Waals surface area contributed by atoms with E-state index in [1.165, 1.54) is 0 Å². The number of anilines is 2. The van der Waals surface area contributed by atoms with Gasteiger partial charge in [0.15, 0.2) is 11.6 Å². The average molecular weight is 324 g/mol. The van der Waals surface area contributed by atoms with E-state index in [9.17, 15) is 9.59 Å². The molecule has 2 unspecified atom stereocenters. The zero-order chi connectivity index (χ0) is 17.4. The van der Waals surface area contributed by atoms with Crippen LogP contribution in [0.3, 0.4) is 0 Å². The van der Waals surface area contributed by atoms with Crippen LogP contribution in [0.15, 0.2) is 36.4 Å². The Hall–Kier alpha value is -2.36. The maximum atomic E-state index is 13.1. The van der Waals surface area contributed by atoms with Gasteiger partial charge in [0.05, 0.1) is 23.0 Å². The van der Waals surface area contributed by atoms with Gasteiger partial charge in [-0.3, -0.25) is 9.59 Å². The molecule has 2 aliphatic rings. The first-order valence-electron chi connectivity index (χ1n) is 8.53. The van der Waals surface area contributed by atoms with Crippen LogP contribution in [0, 0.1) is 11.8 Å². The van der Waals surface area contributed by atoms with Crippen molar-refractivity contribution in [3.63, 3.8) is 0 Å². The van der Waals surface area contributed by atoms with E-state index in [1.807, 2.05) is 64.1 Å². The van der Waals surface area contributed by atoms with Gasteiger partial charge in [-0.2, -0.15) is 0 Å². The summed E-state index contributed by atoms with van der Waals surface area (Å²) in [6.45, 7) is 8.09. The summed E-state index contributed by atoms with van der Waals surface area (Å²) in [6, 6.07) is 4.16. The Balaban J connectivity index is 2.20. The third-order valence-electron chi connectivity index (χ3n) is 4.33. The molecule has 0 amide bonds. The van der Waals surface area contributed by atoms with Gasteiger partial charge in [-0.25, -0.2) is 0 Å². The van der Waals surface area contributed by atoms with E-state index in [0.29, 0.717) is 11.1 Å². The summed E-state index contributed by atoms with van der Waals surface area (Å²) in [5.74, 6) is -0.745. The largest absolute Gasteiger partial charge is 0.382 e. The smallest absolute Gasteiger partial charge is 0.173 e. The Labute approximate surface area is 143 Å². The van der Waals surface area contributed by atoms with Gasteiger partial charge in [-0.15, -0.1) is 0 Å². The minimum Gasteiger partial charge on any atom is -0.382 e. The van der Waals surface area contributed by atoms with Gasteiger partial charge in [-0.05, 0) is 39.8 Å². The summed E-state index contributed by atoms with van der Waals surface area (Å²) in [6.07, 6.45) is 7.39. The number of carbonyl (C=O) groups is 2. The number of hydrogen-bond acceptors (Lipinski definition) is 4. The summed E-state index contributed by atoms with van der Waals surface area (Å²) < 4.78 is 0. The second-order valence-corrected chi connectivity index (χ2v) is 7.06. The van der Waals surface area contributed by atoms with E-state index in [1.54, 1.807) is 0 Å². The highest BCUT2D eigenvalue weighted by Crippen LogP contribution is 2.40. The molecule has 2 N–H and O–H groups in total. The first-order valence-corrected chi connectivity index (χ1v) is 8.53. The molecule has 4 nitrogen and oxygen atoms in total. The molecule has 0 saturated heterocycles. The molecule has 0 spiro atoms. The molecule has 0 heterocycles. The Morgan fingerprint density at radius 1 is 0.750 bits per heavy atom. The van der Waals surface area contributed by atoms with Crippen LogP contribution in [0.1, 0.15) is 48.4 Å². The van der Waals surface area contributed by atoms with E-state index in [2.05, 4.69) is 10.6 Å². The van der Waals surface area contributed by atoms with E-state index < -0.39 is 11.8 Å². The van der Waals surface area contributed by atoms with Crippen LogP contribution in [-0.2, 0) is 0 Å². The molecule has 3 rings (SSSR count). The van der Waals surface area contributed by atoms with Crippen molar-refractivity contribution >= 4 is 22.9 Å². The fourth-order valence-corrected chi connectivity index (χ4v) is 3.42. The molecule has 0 aromatic heterocycles. The zero-order valence-electron chi connectivity index (χ0n) is 14.6. The van der Waals surface area contributed by atoms with Crippen LogP contribution in [0.25, 0.3) is 0 Å². The molecule has 0 saturated carbocycles. The van der Waals surface area contributed by atoms with Crippen LogP contribution in [0.5, 0.6) is 0 Å². The van der Waals surface area contributed by atoms with Crippen LogP contribution in [-0.4, -0.2) is 23.7 Å². The number of benzene rings is 1. The molecule has 1 aromatic carbocycles. The number of nitrogens with one attached hydrogen (secondary N) is 2. The molecule has 1 aromatic rings. The van der Waals surface area contributed by atoms with Crippen molar-refractivity contribution in [2.75, 3.05) is 10.6 Å². The highest BCUT2D eigenvalue weighted by atomic mass is 16.1. The van der Waals surface area contributed by atoms with Crippen molar-refractivity contribution < 1.29 is 9.59 Å². The molecule has 126 valence electrons. The van der Waals surface area contributed by atoms with Crippen LogP contribution < -0.4 is 10.6 Å². The quantitative estimate of drug-likeness (QED) is 0.877. The summed E-state index contributed by atoms with van der Waals surface area (Å²) in [5.41, 5.74) is 2.55. The van der Waals surface area contributed by atoms with Gasteiger partial charge >= 0.3 is 0 Å². The van der Waals surface area contributed by atoms with E-state index in [4.69, 9.17) is 0 Å². The number of fused-ring (bicyclic) bond motifs is 2. The minimum atomic E-state index is -0.392. The van der Waals surface area contributed by atoms with Gasteiger partial charge in [-0.1, -0.05) is 24.3 Å². The van der Waals surface area contributed by atoms with Crippen LogP contribution in [0.4, 0.5) is 11.4 Å². The van der Waals surface area contributed by atoms with Crippen molar-refractivity contribution in [1.29, 1.82) is 0 Å². The third-order valence-corrected chi connectivity index (χ3v) is 4.33. The molecular weight excluding hydrogens is 300 g/mol. The molecule has 2 aliphatic carbocycles. The molecular formula is C20H24N2O2. The normalized spacial score (nSPS) is 21.9. The maximum absolute atomic E-state index is 13.1. The number of allylic oxidation sites excluding steroid dienone is 4. The number of carbonyl (C=O) groups excluding carboxylic acids is 2. The predicted molar refractivity (Wildman–Crippen MR) is 97.9 cm³/mol. The lowest BCUT2D eigenvalue weighted by Gasteiger charge is -2.32. The summed E-state index contributed by atoms with van der Waals surface area (Å²) in [5, 5.41) is 6.63. The maximum Gasteiger partial charge on any atom is 0.173 e. The van der Waals surface area contributed by atoms with Gasteiger partial charge < -0.3 is 10.6 Å². The van der Waals surface area contributed by atoms with Gasteiger partial charge in [0.2, 0.25) is 0 Å². The lowest BCUT2D eigenvalue weighted by molar-refractivity contribution is 0.0803. The first-order chi connectivity index (χ1) is 11.4. The summed E-state index contributed by atoms with van der Waals surface area (Å²) in [7, 11) is 0. The highest BCUT2D eigenvalue weighted by molar-refractivity contribution is 6.22. The van der Waals surface area contributed by atoms with Crippen molar-refractivity contribution in [1.82, 2.24) is 0 Å². The topological polar surface area (TPSA) is 58.2 Å². The predicted octanol–water partition coefficient (Wildman–Crippen LogP) is 4.06. The van der Waals surface area contributed by atoms with Crippen molar-refractivity contribution in [3.8, 4) is 0 Å². The van der Waals surface area contributed by atoms with Gasteiger partial charge in [0.1, 0.15) is 0 Å². The van der Waals surface area contributed by atoms with Crippen LogP contribution in [0.2, 0.25) is 0 Å². The molecule has 24 heavy (non-hydrogen) atoms. The Morgan fingerprint density at radius 3 is 1.46 bits per heavy atom. The number of ketones is 2. The molecule has 2 atom stereocenters. The van der Waals surface area contributed by atoms with Gasteiger partial charge in [0.25, 0.3) is 0 Å². The third kappa shape index (κ3) is 2.77. The fraction of sp³-hybridized carbons (Fsp3) is 0.400. The van der Waals surface area contributed by atoms with Gasteiger partial charge in [0, 0.05) is 23.5 Å². The second-order valence-electron chi connectivity index (χ2n) is 7.06. The zero-order valence-corrected chi connectivity index (χ0v) is 14.6. The molecule has 0 radical (unpaired) electrons. The Bertz CT molecular complexity index is 681.